The summed E-state index contributed by atoms with van der Waals surface area (Å²) >= 11 is 0. The average Bonchev–Trinajstić information content (AvgIpc) is 2.05. The van der Waals surface area contributed by atoms with Gasteiger partial charge in [0, 0.05) is 105 Å². The highest BCUT2D eigenvalue weighted by Gasteiger charge is 2.55. The number of carbonyl (C=O) groups is 4. The van der Waals surface area contributed by atoms with Crippen LogP contribution in [0.5, 0.6) is 0 Å². The second kappa shape index (κ2) is 25.2. The first kappa shape index (κ1) is 70.8. The molecule has 0 aromatic rings. The van der Waals surface area contributed by atoms with E-state index in [0.717, 1.165) is 116 Å². The number of rotatable bonds is 17. The molecule has 14 heteroatoms. The van der Waals surface area contributed by atoms with Crippen LogP contribution in [0.2, 0.25) is 0 Å². The van der Waals surface area contributed by atoms with Crippen LogP contribution < -0.4 is 0 Å². The number of amides is 3. The highest BCUT2D eigenvalue weighted by Crippen LogP contribution is 2.46. The second-order valence-corrected chi connectivity index (χ2v) is 34.8. The Morgan fingerprint density at radius 2 is 0.702 bits per heavy atom. The van der Waals surface area contributed by atoms with E-state index in [4.69, 9.17) is 0 Å². The van der Waals surface area contributed by atoms with E-state index in [0.29, 0.717) is 31.1 Å². The number of Topliss-reactive ketones (excluding diaryl/α,β-unsaturated/α-hetero) is 1. The van der Waals surface area contributed by atoms with Gasteiger partial charge in [0.2, 0.25) is 17.7 Å². The molecule has 14 nitrogen and oxygen atoms in total. The van der Waals surface area contributed by atoms with Gasteiger partial charge in [-0.25, -0.2) is 0 Å². The Kier molecular flexibility index (Phi) is 21.2. The largest absolute Gasteiger partial charge is 0.338 e. The minimum absolute atomic E-state index is 0.00298. The van der Waals surface area contributed by atoms with E-state index in [9.17, 15) is 14.4 Å². The first-order valence-corrected chi connectivity index (χ1v) is 33.3. The van der Waals surface area contributed by atoms with Gasteiger partial charge in [0.25, 0.3) is 0 Å². The molecule has 484 valence electrons. The first-order chi connectivity index (χ1) is 38.1. The average molecular weight is 1180 g/mol. The maximum Gasteiger partial charge on any atom is 0.237 e. The topological polar surface area (TPSA) is 101 Å². The van der Waals surface area contributed by atoms with Crippen molar-refractivity contribution in [1.29, 1.82) is 0 Å². The van der Waals surface area contributed by atoms with Gasteiger partial charge in [0.1, 0.15) is 5.78 Å². The third kappa shape index (κ3) is 15.5. The van der Waals surface area contributed by atoms with Crippen molar-refractivity contribution in [2.45, 2.75) is 321 Å². The minimum atomic E-state index is -0.108. The first-order valence-electron chi connectivity index (χ1n) is 33.3. The summed E-state index contributed by atoms with van der Waals surface area (Å²) in [4.78, 5) is 78.2. The zero-order valence-corrected chi connectivity index (χ0v) is 59.4. The van der Waals surface area contributed by atoms with Crippen LogP contribution in [-0.4, -0.2) is 240 Å². The predicted molar refractivity (Wildman–Crippen MR) is 349 cm³/mol. The molecule has 6 aliphatic heterocycles. The fourth-order valence-electron chi connectivity index (χ4n) is 18.0. The number of likely N-dealkylation sites (tertiary alicyclic amines) is 6. The maximum absolute atomic E-state index is 15.4. The van der Waals surface area contributed by atoms with Gasteiger partial charge in [-0.1, -0.05) is 12.2 Å². The number of hydrogen-bond donors (Lipinski definition) is 0. The van der Waals surface area contributed by atoms with Crippen molar-refractivity contribution < 1.29 is 19.2 Å². The van der Waals surface area contributed by atoms with Crippen LogP contribution in [0.3, 0.4) is 0 Å². The van der Waals surface area contributed by atoms with Gasteiger partial charge in [0.05, 0.1) is 24.9 Å². The van der Waals surface area contributed by atoms with Gasteiger partial charge in [-0.15, -0.1) is 0 Å². The zero-order chi connectivity index (χ0) is 63.7. The SMILES string of the molecule is CC(=O)CN(CCCN(CC(=O)N(CCCN(C)C1CC(C)(C)N(C)C(C)(C)C1)C1CC(C)(C)N(C)C(C)(C)C1)C1CC(C)(C)N(C)C(C)(C)C1)C1CC(C)(C)N(C)C(C)(C)C1.CN1C(C)(C)CC(N2C(=O)C3CC=CCC3C2=O)CC1(C)C. The number of carbonyl (C=O) groups excluding carboxylic acids is 4. The van der Waals surface area contributed by atoms with Crippen molar-refractivity contribution in [3.63, 3.8) is 0 Å². The Morgan fingerprint density at radius 3 is 1.04 bits per heavy atom. The van der Waals surface area contributed by atoms with Gasteiger partial charge in [0.15, 0.2) is 0 Å². The molecule has 0 spiro atoms. The molecule has 6 saturated heterocycles. The molecule has 6 heterocycles. The number of nitrogens with zero attached hydrogens (tertiary/aromatic N) is 10. The molecule has 7 rings (SSSR count). The Bertz CT molecular complexity index is 2230. The Balaban J connectivity index is 0.000000425. The number of hydrogen-bond acceptors (Lipinski definition) is 12. The molecule has 0 bridgehead atoms. The third-order valence-electron chi connectivity index (χ3n) is 24.3. The summed E-state index contributed by atoms with van der Waals surface area (Å²) in [6.07, 6.45) is 17.6. The van der Waals surface area contributed by atoms with Crippen molar-refractivity contribution in [3.05, 3.63) is 12.2 Å². The van der Waals surface area contributed by atoms with E-state index >= 15 is 4.79 Å². The van der Waals surface area contributed by atoms with Crippen molar-refractivity contribution in [2.24, 2.45) is 11.8 Å². The fraction of sp³-hybridized carbons (Fsp3) is 0.914. The molecule has 0 aromatic carbocycles. The summed E-state index contributed by atoms with van der Waals surface area (Å²) in [5.74, 6) is 0.455. The van der Waals surface area contributed by atoms with Crippen LogP contribution in [0.15, 0.2) is 12.2 Å². The van der Waals surface area contributed by atoms with Crippen LogP contribution in [0.1, 0.15) is 235 Å². The summed E-state index contributed by atoms with van der Waals surface area (Å²) in [6.45, 7) is 53.1. The highest BCUT2D eigenvalue weighted by atomic mass is 16.2. The maximum atomic E-state index is 15.4. The molecule has 84 heavy (non-hydrogen) atoms. The standard InChI is InChI=1S/C52H102N8O2.C18H28N2O2/c1-39(61)37-58(41-31-47(6,7)55(20)48(8,9)32-41)26-24-27-59(42-33-49(10,11)56(21)50(12,13)34-42)38-44(62)60(43-35-51(14,15)57(22)52(16,17)36-43)28-23-25-53(18)40-29-45(2,3)54(19)46(4,5)30-40;1-17(2)10-12(11-18(3,4)19(17)5)20-15(21)13-8-6-7-9-14(13)16(20)22/h40-43H,23-38H2,1-22H3;6-7,12-14H,8-11H2,1-5H3. The van der Waals surface area contributed by atoms with E-state index < -0.39 is 0 Å². The molecule has 0 aromatic heterocycles. The molecule has 2 atom stereocenters. The molecule has 0 N–H and O–H groups in total. The molecule has 2 unspecified atom stereocenters. The molecule has 1 aliphatic carbocycles. The number of allylic oxidation sites excluding steroid dienone is 2. The summed E-state index contributed by atoms with van der Waals surface area (Å²) in [5.41, 5.74) is 0.291. The summed E-state index contributed by atoms with van der Waals surface area (Å²) in [7, 11) is 13.6. The second-order valence-electron chi connectivity index (χ2n) is 34.8. The number of piperidine rings is 5. The molecule has 0 radical (unpaired) electrons. The van der Waals surface area contributed by atoms with E-state index in [-0.39, 0.29) is 103 Å². The van der Waals surface area contributed by atoms with E-state index in [1.165, 1.54) is 0 Å². The van der Waals surface area contributed by atoms with Crippen molar-refractivity contribution in [2.75, 3.05) is 81.6 Å². The van der Waals surface area contributed by atoms with Gasteiger partial charge in [-0.05, 0) is 284 Å². The monoisotopic (exact) mass is 1180 g/mol. The van der Waals surface area contributed by atoms with Crippen LogP contribution in [0, 0.1) is 11.8 Å². The Hall–Kier alpha value is -2.30. The number of imide groups is 1. The normalized spacial score (nSPS) is 29.3. The van der Waals surface area contributed by atoms with Gasteiger partial charge in [-0.2, -0.15) is 0 Å². The molecule has 6 fully saturated rings. The Morgan fingerprint density at radius 1 is 0.417 bits per heavy atom. The number of ketones is 1. The lowest BCUT2D eigenvalue weighted by molar-refractivity contribution is -0.147. The van der Waals surface area contributed by atoms with E-state index in [1.54, 1.807) is 11.8 Å². The highest BCUT2D eigenvalue weighted by molar-refractivity contribution is 6.05. The lowest BCUT2D eigenvalue weighted by Crippen LogP contribution is -2.65. The smallest absolute Gasteiger partial charge is 0.237 e. The molecular formula is C70H130N10O4. The third-order valence-corrected chi connectivity index (χ3v) is 24.3. The van der Waals surface area contributed by atoms with Crippen molar-refractivity contribution >= 4 is 23.5 Å². The van der Waals surface area contributed by atoms with Gasteiger partial charge < -0.3 is 9.80 Å². The zero-order valence-electron chi connectivity index (χ0n) is 59.4. The van der Waals surface area contributed by atoms with Gasteiger partial charge in [-0.3, -0.25) is 58.4 Å². The number of fused-ring (bicyclic) bond motifs is 1. The predicted octanol–water partition coefficient (Wildman–Crippen LogP) is 10.9. The summed E-state index contributed by atoms with van der Waals surface area (Å²) in [6, 6.07) is 1.36. The summed E-state index contributed by atoms with van der Waals surface area (Å²) in [5, 5.41) is 0. The summed E-state index contributed by atoms with van der Waals surface area (Å²) < 4.78 is 0. The minimum Gasteiger partial charge on any atom is -0.338 e. The van der Waals surface area contributed by atoms with E-state index in [2.05, 4.69) is 237 Å². The molecular weight excluding hydrogens is 1040 g/mol. The van der Waals surface area contributed by atoms with E-state index in [1.807, 2.05) is 0 Å². The molecule has 7 aliphatic rings. The van der Waals surface area contributed by atoms with Crippen LogP contribution >= 0.6 is 0 Å². The van der Waals surface area contributed by atoms with Crippen LogP contribution in [0.4, 0.5) is 0 Å². The fourth-order valence-corrected chi connectivity index (χ4v) is 18.0. The van der Waals surface area contributed by atoms with Gasteiger partial charge >= 0.3 is 0 Å². The lowest BCUT2D eigenvalue weighted by atomic mass is 9.76. The van der Waals surface area contributed by atoms with Crippen LogP contribution in [-0.2, 0) is 19.2 Å². The van der Waals surface area contributed by atoms with Crippen molar-refractivity contribution in [1.82, 2.24) is 49.0 Å². The van der Waals surface area contributed by atoms with Crippen molar-refractivity contribution in [3.8, 4) is 0 Å². The van der Waals surface area contributed by atoms with Crippen LogP contribution in [0.25, 0.3) is 0 Å². The lowest BCUT2D eigenvalue weighted by Gasteiger charge is -2.57. The molecule has 3 amide bonds. The Labute approximate surface area is 515 Å². The molecule has 0 saturated carbocycles. The quantitative estimate of drug-likeness (QED) is 0.102.